The van der Waals surface area contributed by atoms with Crippen LogP contribution in [0.25, 0.3) is 17.2 Å². The summed E-state index contributed by atoms with van der Waals surface area (Å²) in [4.78, 5) is 25.6. The fraction of sp³-hybridized carbons (Fsp3) is 0.300. The minimum Gasteiger partial charge on any atom is -0.275 e. The Hall–Kier alpha value is -3.54. The van der Waals surface area contributed by atoms with E-state index in [9.17, 15) is 18.0 Å². The van der Waals surface area contributed by atoms with E-state index >= 15 is 0 Å². The lowest BCUT2D eigenvalue weighted by Gasteiger charge is -2.08. The third-order valence-corrected chi connectivity index (χ3v) is 4.99. The van der Waals surface area contributed by atoms with Crippen molar-refractivity contribution in [1.29, 1.82) is 0 Å². The number of halogens is 4. The van der Waals surface area contributed by atoms with Crippen LogP contribution in [0.15, 0.2) is 47.7 Å². The number of aryl methyl sites for hydroxylation is 1. The second kappa shape index (κ2) is 9.14. The summed E-state index contributed by atoms with van der Waals surface area (Å²) in [6, 6.07) is 6.34. The number of benzene rings is 1. The second-order valence-electron chi connectivity index (χ2n) is 7.06. The third kappa shape index (κ3) is 5.11. The lowest BCUT2D eigenvalue weighted by atomic mass is 10.2. The number of rotatable bonds is 7. The van der Waals surface area contributed by atoms with Crippen molar-refractivity contribution in [2.45, 2.75) is 39.0 Å². The first kappa shape index (κ1) is 22.6. The van der Waals surface area contributed by atoms with Crippen LogP contribution in [0.5, 0.6) is 0 Å². The van der Waals surface area contributed by atoms with E-state index in [-0.39, 0.29) is 18.2 Å². The van der Waals surface area contributed by atoms with Crippen molar-refractivity contribution in [3.8, 4) is 17.2 Å². The molecule has 0 atom stereocenters. The monoisotopic (exact) mass is 478 g/mol. The summed E-state index contributed by atoms with van der Waals surface area (Å²) < 4.78 is 42.2. The molecule has 0 saturated carbocycles. The zero-order chi connectivity index (χ0) is 23.6. The van der Waals surface area contributed by atoms with Crippen LogP contribution in [0.3, 0.4) is 0 Å². The molecule has 172 valence electrons. The molecule has 1 aromatic carbocycles. The summed E-state index contributed by atoms with van der Waals surface area (Å²) in [7, 11) is 0. The smallest absolute Gasteiger partial charge is 0.275 e. The normalized spacial score (nSPS) is 11.8. The van der Waals surface area contributed by atoms with E-state index < -0.39 is 24.8 Å². The Bertz CT molecular complexity index is 1300. The average Bonchev–Trinajstić information content (AvgIpc) is 3.34. The molecule has 0 aliphatic rings. The van der Waals surface area contributed by atoms with Crippen LogP contribution in [0.2, 0.25) is 5.02 Å². The maximum absolute atomic E-state index is 13.0. The topological polar surface area (TPSA) is 96.3 Å². The summed E-state index contributed by atoms with van der Waals surface area (Å²) in [6.07, 6.45) is -0.493. The fourth-order valence-electron chi connectivity index (χ4n) is 3.20. The van der Waals surface area contributed by atoms with E-state index in [0.29, 0.717) is 28.6 Å². The van der Waals surface area contributed by atoms with Gasteiger partial charge in [-0.05, 0) is 24.3 Å². The molecule has 0 unspecified atom stereocenters. The first-order chi connectivity index (χ1) is 15.7. The number of aromatic nitrogens is 8. The maximum Gasteiger partial charge on any atom is 0.390 e. The predicted octanol–water partition coefficient (Wildman–Crippen LogP) is 3.30. The van der Waals surface area contributed by atoms with Crippen molar-refractivity contribution in [3.05, 3.63) is 70.0 Å². The summed E-state index contributed by atoms with van der Waals surface area (Å²) in [6.45, 7) is 1.19. The van der Waals surface area contributed by atoms with Crippen LogP contribution in [0, 0.1) is 0 Å². The highest BCUT2D eigenvalue weighted by Gasteiger charge is 2.28. The van der Waals surface area contributed by atoms with Gasteiger partial charge in [-0.1, -0.05) is 18.5 Å². The first-order valence-electron chi connectivity index (χ1n) is 9.96. The van der Waals surface area contributed by atoms with Gasteiger partial charge in [0, 0.05) is 35.9 Å². The highest BCUT2D eigenvalue weighted by molar-refractivity contribution is 6.30. The van der Waals surface area contributed by atoms with Gasteiger partial charge in [-0.3, -0.25) is 9.55 Å². The van der Waals surface area contributed by atoms with E-state index in [0.717, 1.165) is 9.25 Å². The van der Waals surface area contributed by atoms with Crippen LogP contribution in [0.1, 0.15) is 25.0 Å². The Labute approximate surface area is 190 Å². The van der Waals surface area contributed by atoms with Gasteiger partial charge in [0.05, 0.1) is 12.6 Å². The van der Waals surface area contributed by atoms with E-state index in [2.05, 4.69) is 25.1 Å². The lowest BCUT2D eigenvalue weighted by molar-refractivity contribution is -0.136. The Balaban J connectivity index is 1.72. The fourth-order valence-corrected chi connectivity index (χ4v) is 3.33. The SMILES string of the molecule is CCc1nc(Cn2nc(-c3ccc(Cl)cc3)n(CCC(F)(F)F)c2=O)nn1-c1cnccn1. The molecule has 0 amide bonds. The van der Waals surface area contributed by atoms with Crippen molar-refractivity contribution < 1.29 is 13.2 Å². The number of nitrogens with zero attached hydrogens (tertiary/aromatic N) is 8. The molecule has 0 N–H and O–H groups in total. The summed E-state index contributed by atoms with van der Waals surface area (Å²) in [5.41, 5.74) is -0.233. The van der Waals surface area contributed by atoms with E-state index in [1.807, 2.05) is 6.92 Å². The van der Waals surface area contributed by atoms with Crippen LogP contribution in [0.4, 0.5) is 13.2 Å². The Kier molecular flexibility index (Phi) is 6.27. The molecular weight excluding hydrogens is 461 g/mol. The molecule has 0 saturated heterocycles. The molecule has 0 aliphatic heterocycles. The zero-order valence-electron chi connectivity index (χ0n) is 17.4. The highest BCUT2D eigenvalue weighted by atomic mass is 35.5. The van der Waals surface area contributed by atoms with Crippen LogP contribution in [-0.2, 0) is 19.5 Å². The van der Waals surface area contributed by atoms with E-state index in [1.54, 1.807) is 24.3 Å². The summed E-state index contributed by atoms with van der Waals surface area (Å²) in [5, 5.41) is 9.13. The van der Waals surface area contributed by atoms with Crippen LogP contribution < -0.4 is 5.69 Å². The van der Waals surface area contributed by atoms with Gasteiger partial charge in [0.25, 0.3) is 0 Å². The van der Waals surface area contributed by atoms with Crippen molar-refractivity contribution in [1.82, 2.24) is 39.1 Å². The Morgan fingerprint density at radius 1 is 1.09 bits per heavy atom. The van der Waals surface area contributed by atoms with Crippen molar-refractivity contribution >= 4 is 11.6 Å². The molecule has 0 spiro atoms. The van der Waals surface area contributed by atoms with Gasteiger partial charge >= 0.3 is 11.9 Å². The molecule has 3 aromatic heterocycles. The quantitative estimate of drug-likeness (QED) is 0.404. The minimum absolute atomic E-state index is 0.102. The molecule has 0 fully saturated rings. The van der Waals surface area contributed by atoms with Crippen molar-refractivity contribution in [2.24, 2.45) is 0 Å². The summed E-state index contributed by atoms with van der Waals surface area (Å²) in [5.74, 6) is 1.42. The summed E-state index contributed by atoms with van der Waals surface area (Å²) >= 11 is 5.91. The molecule has 4 aromatic rings. The standard InChI is InChI=1S/C20H18ClF3N8O/c1-2-16-27-15(28-32(16)17-11-25-8-9-26-17)12-31-19(33)30(10-7-20(22,23)24)18(29-31)13-3-5-14(21)6-4-13/h3-6,8-9,11H,2,7,10,12H2,1H3. The molecule has 33 heavy (non-hydrogen) atoms. The Morgan fingerprint density at radius 3 is 2.48 bits per heavy atom. The Morgan fingerprint density at radius 2 is 1.85 bits per heavy atom. The number of alkyl halides is 3. The maximum atomic E-state index is 13.0. The molecule has 0 bridgehead atoms. The van der Waals surface area contributed by atoms with Crippen LogP contribution in [-0.4, -0.2) is 45.3 Å². The van der Waals surface area contributed by atoms with Gasteiger partial charge in [-0.25, -0.2) is 19.4 Å². The first-order valence-corrected chi connectivity index (χ1v) is 10.3. The third-order valence-electron chi connectivity index (χ3n) is 4.74. The zero-order valence-corrected chi connectivity index (χ0v) is 18.1. The predicted molar refractivity (Wildman–Crippen MR) is 113 cm³/mol. The van der Waals surface area contributed by atoms with Gasteiger partial charge in [-0.15, -0.1) is 10.2 Å². The van der Waals surface area contributed by atoms with E-state index in [1.165, 1.54) is 23.3 Å². The molecule has 3 heterocycles. The van der Waals surface area contributed by atoms with Gasteiger partial charge < -0.3 is 0 Å². The van der Waals surface area contributed by atoms with Crippen molar-refractivity contribution in [2.75, 3.05) is 0 Å². The molecule has 9 nitrogen and oxygen atoms in total. The van der Waals surface area contributed by atoms with Gasteiger partial charge in [0.2, 0.25) is 0 Å². The van der Waals surface area contributed by atoms with Crippen molar-refractivity contribution in [3.63, 3.8) is 0 Å². The molecule has 0 radical (unpaired) electrons. The average molecular weight is 479 g/mol. The van der Waals surface area contributed by atoms with Gasteiger partial charge in [0.15, 0.2) is 17.5 Å². The number of hydrogen-bond donors (Lipinski definition) is 0. The van der Waals surface area contributed by atoms with Crippen LogP contribution >= 0.6 is 11.6 Å². The largest absolute Gasteiger partial charge is 0.390 e. The minimum atomic E-state index is -4.42. The molecular formula is C20H18ClF3N8O. The second-order valence-corrected chi connectivity index (χ2v) is 7.50. The van der Waals surface area contributed by atoms with Gasteiger partial charge in [-0.2, -0.15) is 17.9 Å². The van der Waals surface area contributed by atoms with E-state index in [4.69, 9.17) is 11.6 Å². The molecule has 13 heteroatoms. The lowest BCUT2D eigenvalue weighted by Crippen LogP contribution is -2.27. The molecule has 4 rings (SSSR count). The van der Waals surface area contributed by atoms with Gasteiger partial charge in [0.1, 0.15) is 12.4 Å². The molecule has 0 aliphatic carbocycles. The number of hydrogen-bond acceptors (Lipinski definition) is 6. The highest BCUT2D eigenvalue weighted by Crippen LogP contribution is 2.23.